The van der Waals surface area contributed by atoms with Gasteiger partial charge in [0.2, 0.25) is 0 Å². The Bertz CT molecular complexity index is 513. The molecule has 1 aromatic carbocycles. The quantitative estimate of drug-likeness (QED) is 0.771. The molecule has 0 radical (unpaired) electrons. The predicted molar refractivity (Wildman–Crippen MR) is 65.0 cm³/mol. The summed E-state index contributed by atoms with van der Waals surface area (Å²) in [6.45, 7) is 0. The summed E-state index contributed by atoms with van der Waals surface area (Å²) in [4.78, 5) is 0. The Morgan fingerprint density at radius 2 is 1.94 bits per heavy atom. The van der Waals surface area contributed by atoms with Gasteiger partial charge in [-0.05, 0) is 23.3 Å². The van der Waals surface area contributed by atoms with E-state index in [9.17, 15) is 0 Å². The van der Waals surface area contributed by atoms with Crippen LogP contribution in [-0.4, -0.2) is 0 Å². The predicted octanol–water partition coefficient (Wildman–Crippen LogP) is 2.77. The second-order valence-corrected chi connectivity index (χ2v) is 3.69. The molecule has 0 heterocycles. The Labute approximate surface area is 95.0 Å². The minimum absolute atomic E-state index is 0.647. The number of hydrogen-bond acceptors (Lipinski definition) is 2. The minimum atomic E-state index is 0.647. The van der Waals surface area contributed by atoms with E-state index >= 15 is 0 Å². The van der Waals surface area contributed by atoms with Crippen molar-refractivity contribution in [3.8, 4) is 6.07 Å². The molecular weight excluding hydrogens is 196 g/mol. The van der Waals surface area contributed by atoms with E-state index in [4.69, 9.17) is 11.0 Å². The molecule has 0 spiro atoms. The fourth-order valence-corrected chi connectivity index (χ4v) is 1.66. The van der Waals surface area contributed by atoms with Crippen LogP contribution in [0.1, 0.15) is 12.0 Å². The van der Waals surface area contributed by atoms with Gasteiger partial charge in [0.1, 0.15) is 0 Å². The molecule has 0 atom stereocenters. The fraction of sp³-hybridized carbons (Fsp3) is 0.0714. The molecule has 78 valence electrons. The Kier molecular flexibility index (Phi) is 2.88. The molecule has 0 bridgehead atoms. The first-order valence-corrected chi connectivity index (χ1v) is 5.12. The van der Waals surface area contributed by atoms with Gasteiger partial charge in [-0.25, -0.2) is 0 Å². The van der Waals surface area contributed by atoms with Crippen molar-refractivity contribution in [1.82, 2.24) is 0 Å². The molecule has 2 N–H and O–H groups in total. The zero-order chi connectivity index (χ0) is 11.4. The summed E-state index contributed by atoms with van der Waals surface area (Å²) >= 11 is 0. The van der Waals surface area contributed by atoms with Gasteiger partial charge in [0.25, 0.3) is 0 Å². The number of allylic oxidation sites excluding steroid dienone is 4. The van der Waals surface area contributed by atoms with E-state index in [1.54, 1.807) is 12.2 Å². The zero-order valence-corrected chi connectivity index (χ0v) is 8.85. The van der Waals surface area contributed by atoms with Crippen molar-refractivity contribution in [3.05, 3.63) is 64.9 Å². The molecule has 16 heavy (non-hydrogen) atoms. The van der Waals surface area contributed by atoms with Crippen molar-refractivity contribution >= 4 is 6.08 Å². The smallest absolute Gasteiger partial charge is 0.0994 e. The van der Waals surface area contributed by atoms with E-state index in [1.807, 2.05) is 36.4 Å². The van der Waals surface area contributed by atoms with E-state index in [0.717, 1.165) is 16.8 Å². The summed E-state index contributed by atoms with van der Waals surface area (Å²) in [6, 6.07) is 12.1. The second kappa shape index (κ2) is 4.50. The van der Waals surface area contributed by atoms with Gasteiger partial charge < -0.3 is 5.73 Å². The third kappa shape index (κ3) is 2.21. The normalized spacial score (nSPS) is 17.6. The molecule has 2 rings (SSSR count). The average molecular weight is 208 g/mol. The summed E-state index contributed by atoms with van der Waals surface area (Å²) in [5.41, 5.74) is 9.32. The van der Waals surface area contributed by atoms with Crippen LogP contribution in [0.15, 0.2) is 59.3 Å². The maximum absolute atomic E-state index is 9.00. The minimum Gasteiger partial charge on any atom is -0.402 e. The Morgan fingerprint density at radius 3 is 2.62 bits per heavy atom. The van der Waals surface area contributed by atoms with Crippen molar-refractivity contribution in [2.45, 2.75) is 6.42 Å². The third-order valence-electron chi connectivity index (χ3n) is 2.47. The second-order valence-electron chi connectivity index (χ2n) is 3.69. The number of benzene rings is 1. The zero-order valence-electron chi connectivity index (χ0n) is 8.85. The van der Waals surface area contributed by atoms with Crippen LogP contribution in [0, 0.1) is 11.3 Å². The first-order valence-electron chi connectivity index (χ1n) is 5.12. The molecular formula is C14H12N2. The van der Waals surface area contributed by atoms with Gasteiger partial charge in [0.15, 0.2) is 0 Å². The van der Waals surface area contributed by atoms with E-state index in [1.165, 1.54) is 0 Å². The van der Waals surface area contributed by atoms with Gasteiger partial charge in [-0.2, -0.15) is 5.26 Å². The van der Waals surface area contributed by atoms with Crippen molar-refractivity contribution in [2.24, 2.45) is 5.73 Å². The van der Waals surface area contributed by atoms with Gasteiger partial charge in [0.05, 0.1) is 11.6 Å². The highest BCUT2D eigenvalue weighted by molar-refractivity contribution is 5.64. The van der Waals surface area contributed by atoms with Crippen LogP contribution in [0.5, 0.6) is 0 Å². The largest absolute Gasteiger partial charge is 0.402 e. The van der Waals surface area contributed by atoms with E-state index < -0.39 is 0 Å². The van der Waals surface area contributed by atoms with E-state index in [0.29, 0.717) is 12.0 Å². The van der Waals surface area contributed by atoms with E-state index in [2.05, 4.69) is 6.07 Å². The van der Waals surface area contributed by atoms with Crippen molar-refractivity contribution in [1.29, 1.82) is 5.26 Å². The van der Waals surface area contributed by atoms with Crippen LogP contribution in [0.2, 0.25) is 0 Å². The van der Waals surface area contributed by atoms with Gasteiger partial charge in [-0.3, -0.25) is 0 Å². The Morgan fingerprint density at radius 1 is 1.19 bits per heavy atom. The van der Waals surface area contributed by atoms with Crippen molar-refractivity contribution < 1.29 is 0 Å². The molecule has 0 saturated heterocycles. The highest BCUT2D eigenvalue weighted by atomic mass is 14.6. The van der Waals surface area contributed by atoms with Gasteiger partial charge in [-0.15, -0.1) is 0 Å². The molecule has 0 fully saturated rings. The van der Waals surface area contributed by atoms with E-state index in [-0.39, 0.29) is 0 Å². The lowest BCUT2D eigenvalue weighted by molar-refractivity contribution is 1.09. The SMILES string of the molecule is N#CC1=CC=C(N)CC1=Cc1ccccc1. The highest BCUT2D eigenvalue weighted by Gasteiger charge is 2.09. The molecule has 1 aliphatic carbocycles. The standard InChI is InChI=1S/C14H12N2/c15-10-12-6-7-14(16)9-13(12)8-11-4-2-1-3-5-11/h1-8H,9,16H2. The first kappa shape index (κ1) is 10.3. The van der Waals surface area contributed by atoms with Gasteiger partial charge in [0, 0.05) is 12.1 Å². The lowest BCUT2D eigenvalue weighted by Gasteiger charge is -2.11. The number of nitrogens with zero attached hydrogens (tertiary/aromatic N) is 1. The summed E-state index contributed by atoms with van der Waals surface area (Å²) in [7, 11) is 0. The fourth-order valence-electron chi connectivity index (χ4n) is 1.66. The molecule has 0 aliphatic heterocycles. The number of rotatable bonds is 1. The summed E-state index contributed by atoms with van der Waals surface area (Å²) in [5.74, 6) is 0. The molecule has 2 nitrogen and oxygen atoms in total. The molecule has 2 heteroatoms. The molecule has 1 aliphatic rings. The number of nitrogens with two attached hydrogens (primary N) is 1. The van der Waals surface area contributed by atoms with Crippen LogP contribution in [0.25, 0.3) is 6.08 Å². The molecule has 0 aromatic heterocycles. The Hall–Kier alpha value is -2.27. The molecule has 0 saturated carbocycles. The lowest BCUT2D eigenvalue weighted by atomic mass is 9.95. The molecule has 0 amide bonds. The summed E-state index contributed by atoms with van der Waals surface area (Å²) < 4.78 is 0. The van der Waals surface area contributed by atoms with Crippen LogP contribution in [-0.2, 0) is 0 Å². The van der Waals surface area contributed by atoms with Crippen molar-refractivity contribution in [2.75, 3.05) is 0 Å². The highest BCUT2D eigenvalue weighted by Crippen LogP contribution is 2.23. The van der Waals surface area contributed by atoms with Gasteiger partial charge >= 0.3 is 0 Å². The van der Waals surface area contributed by atoms with Crippen LogP contribution < -0.4 is 5.73 Å². The first-order chi connectivity index (χ1) is 7.79. The third-order valence-corrected chi connectivity index (χ3v) is 2.47. The van der Waals surface area contributed by atoms with Crippen LogP contribution >= 0.6 is 0 Å². The Balaban J connectivity index is 2.36. The number of hydrogen-bond donors (Lipinski definition) is 1. The molecule has 0 unspecified atom stereocenters. The maximum Gasteiger partial charge on any atom is 0.0994 e. The number of nitriles is 1. The van der Waals surface area contributed by atoms with Crippen LogP contribution in [0.3, 0.4) is 0 Å². The maximum atomic E-state index is 9.00. The average Bonchev–Trinajstić information content (AvgIpc) is 2.31. The summed E-state index contributed by atoms with van der Waals surface area (Å²) in [6.07, 6.45) is 6.22. The lowest BCUT2D eigenvalue weighted by Crippen LogP contribution is -2.03. The molecule has 1 aromatic rings. The van der Waals surface area contributed by atoms with Gasteiger partial charge in [-0.1, -0.05) is 36.4 Å². The monoisotopic (exact) mass is 208 g/mol. The summed E-state index contributed by atoms with van der Waals surface area (Å²) in [5, 5.41) is 9.00. The topological polar surface area (TPSA) is 49.8 Å². The van der Waals surface area contributed by atoms with Crippen molar-refractivity contribution in [3.63, 3.8) is 0 Å². The van der Waals surface area contributed by atoms with Crippen LogP contribution in [0.4, 0.5) is 0 Å².